The van der Waals surface area contributed by atoms with Gasteiger partial charge in [-0.1, -0.05) is 25.5 Å². The number of hydrogen-bond acceptors (Lipinski definition) is 3. The third kappa shape index (κ3) is 3.70. The molecule has 0 saturated carbocycles. The van der Waals surface area contributed by atoms with Crippen molar-refractivity contribution in [2.45, 2.75) is 46.3 Å². The molecule has 0 radical (unpaired) electrons. The molecular weight excluding hydrogens is 276 g/mol. The highest BCUT2D eigenvalue weighted by Crippen LogP contribution is 2.24. The van der Waals surface area contributed by atoms with Gasteiger partial charge in [-0.3, -0.25) is 4.79 Å². The Morgan fingerprint density at radius 3 is 2.68 bits per heavy atom. The van der Waals surface area contributed by atoms with Crippen LogP contribution in [-0.2, 0) is 6.54 Å². The molecule has 0 unspecified atom stereocenters. The first-order valence-electron chi connectivity index (χ1n) is 7.79. The highest BCUT2D eigenvalue weighted by molar-refractivity contribution is 5.63. The zero-order chi connectivity index (χ0) is 16.1. The summed E-state index contributed by atoms with van der Waals surface area (Å²) >= 11 is 0. The van der Waals surface area contributed by atoms with Crippen LogP contribution in [0, 0.1) is 0 Å². The van der Waals surface area contributed by atoms with Crippen molar-refractivity contribution < 1.29 is 4.74 Å². The van der Waals surface area contributed by atoms with Crippen LogP contribution >= 0.6 is 0 Å². The Bertz CT molecular complexity index is 690. The lowest BCUT2D eigenvalue weighted by Gasteiger charge is -2.15. The molecule has 2 N–H and O–H groups in total. The van der Waals surface area contributed by atoms with E-state index in [1.807, 2.05) is 44.2 Å². The molecule has 22 heavy (non-hydrogen) atoms. The number of ether oxygens (including phenoxy) is 1. The zero-order valence-corrected chi connectivity index (χ0v) is 13.5. The third-order valence-electron chi connectivity index (χ3n) is 3.44. The normalized spacial score (nSPS) is 10.9. The summed E-state index contributed by atoms with van der Waals surface area (Å²) in [5.74, 6) is 0.804. The lowest BCUT2D eigenvalue weighted by atomic mass is 10.1. The molecule has 0 aliphatic carbocycles. The van der Waals surface area contributed by atoms with Gasteiger partial charge in [-0.25, -0.2) is 0 Å². The molecule has 0 amide bonds. The van der Waals surface area contributed by atoms with Crippen molar-refractivity contribution in [1.29, 1.82) is 0 Å². The summed E-state index contributed by atoms with van der Waals surface area (Å²) in [6.45, 7) is 6.76. The van der Waals surface area contributed by atoms with E-state index in [0.29, 0.717) is 6.54 Å². The number of rotatable bonds is 6. The Morgan fingerprint density at radius 2 is 2.00 bits per heavy atom. The lowest BCUT2D eigenvalue weighted by molar-refractivity contribution is 0.242. The fourth-order valence-electron chi connectivity index (χ4n) is 2.39. The van der Waals surface area contributed by atoms with E-state index in [0.717, 1.165) is 29.8 Å². The Labute approximate surface area is 131 Å². The minimum Gasteiger partial charge on any atom is -0.491 e. The molecule has 0 bridgehead atoms. The van der Waals surface area contributed by atoms with Crippen LogP contribution < -0.4 is 16.0 Å². The number of pyridine rings is 1. The summed E-state index contributed by atoms with van der Waals surface area (Å²) in [7, 11) is 0. The highest BCUT2D eigenvalue weighted by atomic mass is 16.5. The van der Waals surface area contributed by atoms with Crippen LogP contribution in [0.4, 0.5) is 5.69 Å². The van der Waals surface area contributed by atoms with E-state index in [9.17, 15) is 4.79 Å². The smallest absolute Gasteiger partial charge is 0.274 e. The van der Waals surface area contributed by atoms with Gasteiger partial charge >= 0.3 is 0 Å². The van der Waals surface area contributed by atoms with E-state index in [2.05, 4.69) is 6.92 Å². The van der Waals surface area contributed by atoms with Gasteiger partial charge in [-0.05, 0) is 44.5 Å². The average Bonchev–Trinajstić information content (AvgIpc) is 2.48. The van der Waals surface area contributed by atoms with E-state index < -0.39 is 0 Å². The minimum absolute atomic E-state index is 0.115. The second-order valence-corrected chi connectivity index (χ2v) is 5.68. The quantitative estimate of drug-likeness (QED) is 0.885. The molecule has 0 aliphatic heterocycles. The van der Waals surface area contributed by atoms with Gasteiger partial charge in [0.2, 0.25) is 0 Å². The molecular formula is C18H24N2O2. The molecule has 4 nitrogen and oxygen atoms in total. The second-order valence-electron chi connectivity index (χ2n) is 5.68. The molecule has 4 heteroatoms. The summed E-state index contributed by atoms with van der Waals surface area (Å²) in [6, 6.07) is 11.4. The van der Waals surface area contributed by atoms with Gasteiger partial charge in [0.25, 0.3) is 5.56 Å². The van der Waals surface area contributed by atoms with E-state index in [1.165, 1.54) is 0 Å². The summed E-state index contributed by atoms with van der Waals surface area (Å²) in [5, 5.41) is 0. The molecule has 0 spiro atoms. The number of hydrogen-bond donors (Lipinski definition) is 1. The summed E-state index contributed by atoms with van der Waals surface area (Å²) in [4.78, 5) is 12.3. The van der Waals surface area contributed by atoms with Crippen molar-refractivity contribution in [2.24, 2.45) is 0 Å². The predicted octanol–water partition coefficient (Wildman–Crippen LogP) is 3.68. The van der Waals surface area contributed by atoms with Crippen molar-refractivity contribution in [3.8, 4) is 17.0 Å². The maximum atomic E-state index is 12.3. The topological polar surface area (TPSA) is 57.2 Å². The van der Waals surface area contributed by atoms with Crippen LogP contribution in [0.5, 0.6) is 5.75 Å². The first-order chi connectivity index (χ1) is 10.5. The Morgan fingerprint density at radius 1 is 1.23 bits per heavy atom. The lowest BCUT2D eigenvalue weighted by Crippen LogP contribution is -2.24. The van der Waals surface area contributed by atoms with Crippen molar-refractivity contribution in [3.05, 3.63) is 46.8 Å². The first kappa shape index (κ1) is 16.1. The summed E-state index contributed by atoms with van der Waals surface area (Å²) in [6.07, 6.45) is 2.08. The molecule has 1 heterocycles. The maximum absolute atomic E-state index is 12.3. The SMILES string of the molecule is CCCCn1c(-c2cccc(OC(C)C)c2)ccc(N)c1=O. The highest BCUT2D eigenvalue weighted by Gasteiger charge is 2.10. The number of anilines is 1. The Balaban J connectivity index is 2.47. The number of nitrogen functional groups attached to an aromatic ring is 1. The van der Waals surface area contributed by atoms with Crippen LogP contribution in [0.15, 0.2) is 41.2 Å². The van der Waals surface area contributed by atoms with Crippen LogP contribution in [0.3, 0.4) is 0 Å². The molecule has 1 aromatic heterocycles. The van der Waals surface area contributed by atoms with Gasteiger partial charge in [0, 0.05) is 12.1 Å². The molecule has 0 fully saturated rings. The summed E-state index contributed by atoms with van der Waals surface area (Å²) in [5.41, 5.74) is 7.78. The number of aromatic nitrogens is 1. The average molecular weight is 300 g/mol. The van der Waals surface area contributed by atoms with Gasteiger partial charge in [-0.2, -0.15) is 0 Å². The zero-order valence-electron chi connectivity index (χ0n) is 13.5. The number of unbranched alkanes of at least 4 members (excludes halogenated alkanes) is 1. The maximum Gasteiger partial charge on any atom is 0.274 e. The second kappa shape index (κ2) is 7.16. The van der Waals surface area contributed by atoms with Crippen molar-refractivity contribution >= 4 is 5.69 Å². The predicted molar refractivity (Wildman–Crippen MR) is 91.2 cm³/mol. The molecule has 118 valence electrons. The van der Waals surface area contributed by atoms with Crippen LogP contribution in [0.1, 0.15) is 33.6 Å². The first-order valence-corrected chi connectivity index (χ1v) is 7.79. The fraction of sp³-hybridized carbons (Fsp3) is 0.389. The summed E-state index contributed by atoms with van der Waals surface area (Å²) < 4.78 is 7.50. The van der Waals surface area contributed by atoms with Crippen molar-refractivity contribution in [3.63, 3.8) is 0 Å². The minimum atomic E-state index is -0.124. The van der Waals surface area contributed by atoms with Gasteiger partial charge in [0.15, 0.2) is 0 Å². The van der Waals surface area contributed by atoms with Crippen LogP contribution in [0.25, 0.3) is 11.3 Å². The molecule has 2 aromatic rings. The Hall–Kier alpha value is -2.23. The van der Waals surface area contributed by atoms with E-state index in [1.54, 1.807) is 10.6 Å². The Kier molecular flexibility index (Phi) is 5.26. The molecule has 1 aromatic carbocycles. The van der Waals surface area contributed by atoms with Gasteiger partial charge in [0.05, 0.1) is 17.5 Å². The van der Waals surface area contributed by atoms with Crippen molar-refractivity contribution in [2.75, 3.05) is 5.73 Å². The number of benzene rings is 1. The third-order valence-corrected chi connectivity index (χ3v) is 3.44. The molecule has 0 atom stereocenters. The molecule has 0 saturated heterocycles. The van der Waals surface area contributed by atoms with E-state index in [4.69, 9.17) is 10.5 Å². The molecule has 2 rings (SSSR count). The molecule has 0 aliphatic rings. The van der Waals surface area contributed by atoms with Gasteiger partial charge < -0.3 is 15.0 Å². The number of nitrogens with zero attached hydrogens (tertiary/aromatic N) is 1. The van der Waals surface area contributed by atoms with Crippen molar-refractivity contribution in [1.82, 2.24) is 4.57 Å². The monoisotopic (exact) mass is 300 g/mol. The number of nitrogens with two attached hydrogens (primary N) is 1. The van der Waals surface area contributed by atoms with E-state index >= 15 is 0 Å². The van der Waals surface area contributed by atoms with Gasteiger partial charge in [-0.15, -0.1) is 0 Å². The van der Waals surface area contributed by atoms with E-state index in [-0.39, 0.29) is 17.4 Å². The standard InChI is InChI=1S/C18H24N2O2/c1-4-5-11-20-17(10-9-16(19)18(20)21)14-7-6-8-15(12-14)22-13(2)3/h6-10,12-13H,4-5,11,19H2,1-3H3. The van der Waals surface area contributed by atoms with Crippen LogP contribution in [0.2, 0.25) is 0 Å². The van der Waals surface area contributed by atoms with Gasteiger partial charge in [0.1, 0.15) is 5.75 Å². The fourth-order valence-corrected chi connectivity index (χ4v) is 2.39. The largest absolute Gasteiger partial charge is 0.491 e. The van der Waals surface area contributed by atoms with Crippen LogP contribution in [-0.4, -0.2) is 10.7 Å².